The molecule has 6 heteroatoms. The zero-order valence-corrected chi connectivity index (χ0v) is 12.0. The molecule has 2 amide bonds. The van der Waals surface area contributed by atoms with E-state index in [9.17, 15) is 9.59 Å². The Kier molecular flexibility index (Phi) is 4.37. The molecule has 2 aromatic rings. The Labute approximate surface area is 122 Å². The summed E-state index contributed by atoms with van der Waals surface area (Å²) in [5.74, 6) is -0.0392. The van der Waals surface area contributed by atoms with Gasteiger partial charge in [0.2, 0.25) is 5.91 Å². The van der Waals surface area contributed by atoms with Gasteiger partial charge in [-0.3, -0.25) is 9.59 Å². The van der Waals surface area contributed by atoms with Gasteiger partial charge in [-0.05, 0) is 38.5 Å². The van der Waals surface area contributed by atoms with Gasteiger partial charge < -0.3 is 15.6 Å². The molecule has 6 nitrogen and oxygen atoms in total. The molecule has 0 unspecified atom stereocenters. The summed E-state index contributed by atoms with van der Waals surface area (Å²) >= 11 is 0. The van der Waals surface area contributed by atoms with Crippen molar-refractivity contribution in [3.05, 3.63) is 52.4 Å². The minimum Gasteiger partial charge on any atom is -0.366 e. The lowest BCUT2D eigenvalue weighted by Gasteiger charge is -2.06. The van der Waals surface area contributed by atoms with Gasteiger partial charge in [-0.25, -0.2) is 0 Å². The first-order chi connectivity index (χ1) is 9.99. The number of aryl methyl sites for hydroxylation is 2. The zero-order valence-electron chi connectivity index (χ0n) is 12.0. The number of amides is 2. The Morgan fingerprint density at radius 1 is 1.29 bits per heavy atom. The number of benzene rings is 1. The van der Waals surface area contributed by atoms with Crippen molar-refractivity contribution < 1.29 is 14.1 Å². The van der Waals surface area contributed by atoms with Crippen molar-refractivity contribution >= 4 is 11.8 Å². The van der Waals surface area contributed by atoms with Crippen LogP contribution in [0, 0.1) is 13.8 Å². The molecule has 0 aliphatic rings. The summed E-state index contributed by atoms with van der Waals surface area (Å²) in [7, 11) is 0. The molecule has 0 spiro atoms. The average molecular weight is 287 g/mol. The first-order valence-electron chi connectivity index (χ1n) is 6.59. The van der Waals surface area contributed by atoms with Gasteiger partial charge >= 0.3 is 0 Å². The molecule has 2 rings (SSSR count). The van der Waals surface area contributed by atoms with Crippen LogP contribution in [0.5, 0.6) is 0 Å². The molecule has 1 aromatic heterocycles. The molecule has 0 bridgehead atoms. The molecule has 21 heavy (non-hydrogen) atoms. The first-order valence-corrected chi connectivity index (χ1v) is 6.59. The molecule has 0 radical (unpaired) electrons. The average Bonchev–Trinajstić information content (AvgIpc) is 2.79. The minimum atomic E-state index is -0.555. The van der Waals surface area contributed by atoms with Gasteiger partial charge in [-0.15, -0.1) is 0 Å². The van der Waals surface area contributed by atoms with Crippen LogP contribution in [-0.2, 0) is 6.42 Å². The third-order valence-electron chi connectivity index (χ3n) is 3.25. The summed E-state index contributed by atoms with van der Waals surface area (Å²) in [6.45, 7) is 4.17. The number of primary amides is 1. The molecule has 0 aliphatic carbocycles. The fourth-order valence-electron chi connectivity index (χ4n) is 2.08. The van der Waals surface area contributed by atoms with E-state index in [1.165, 1.54) is 6.07 Å². The van der Waals surface area contributed by atoms with Crippen molar-refractivity contribution in [2.75, 3.05) is 6.54 Å². The highest BCUT2D eigenvalue weighted by Gasteiger charge is 2.11. The lowest BCUT2D eigenvalue weighted by molar-refractivity contribution is 0.0954. The van der Waals surface area contributed by atoms with Crippen LogP contribution in [-0.4, -0.2) is 23.5 Å². The molecule has 0 saturated heterocycles. The van der Waals surface area contributed by atoms with Crippen molar-refractivity contribution in [1.82, 2.24) is 10.5 Å². The number of nitrogens with two attached hydrogens (primary N) is 1. The Balaban J connectivity index is 1.96. The van der Waals surface area contributed by atoms with Crippen LogP contribution in [0.3, 0.4) is 0 Å². The van der Waals surface area contributed by atoms with E-state index < -0.39 is 5.91 Å². The van der Waals surface area contributed by atoms with Crippen molar-refractivity contribution in [1.29, 1.82) is 0 Å². The maximum Gasteiger partial charge on any atom is 0.251 e. The van der Waals surface area contributed by atoms with Gasteiger partial charge in [-0.2, -0.15) is 0 Å². The summed E-state index contributed by atoms with van der Waals surface area (Å²) in [6, 6.07) is 6.32. The molecule has 3 N–H and O–H groups in total. The Morgan fingerprint density at radius 3 is 2.62 bits per heavy atom. The first kappa shape index (κ1) is 14.8. The van der Waals surface area contributed by atoms with Gasteiger partial charge in [0.15, 0.2) is 0 Å². The van der Waals surface area contributed by atoms with E-state index in [0.29, 0.717) is 24.1 Å². The number of nitrogens with one attached hydrogen (secondary N) is 1. The molecule has 1 aromatic carbocycles. The smallest absolute Gasteiger partial charge is 0.251 e. The van der Waals surface area contributed by atoms with Crippen LogP contribution < -0.4 is 11.1 Å². The second-order valence-electron chi connectivity index (χ2n) is 4.75. The second-order valence-corrected chi connectivity index (χ2v) is 4.75. The number of carbonyl (C=O) groups is 2. The van der Waals surface area contributed by atoms with Crippen molar-refractivity contribution in [3.8, 4) is 0 Å². The molecule has 0 aliphatic heterocycles. The van der Waals surface area contributed by atoms with Crippen LogP contribution in [0.4, 0.5) is 0 Å². The van der Waals surface area contributed by atoms with E-state index in [4.69, 9.17) is 10.3 Å². The summed E-state index contributed by atoms with van der Waals surface area (Å²) < 4.78 is 5.07. The summed E-state index contributed by atoms with van der Waals surface area (Å²) in [6.07, 6.45) is 0.641. The molecule has 0 saturated carbocycles. The maximum absolute atomic E-state index is 12.0. The van der Waals surface area contributed by atoms with Crippen LogP contribution in [0.1, 0.15) is 37.7 Å². The quantitative estimate of drug-likeness (QED) is 0.867. The number of rotatable bonds is 5. The summed E-state index contributed by atoms with van der Waals surface area (Å²) in [5.41, 5.74) is 7.75. The van der Waals surface area contributed by atoms with Gasteiger partial charge in [0, 0.05) is 23.2 Å². The Hall–Kier alpha value is -2.63. The van der Waals surface area contributed by atoms with Gasteiger partial charge in [0.25, 0.3) is 5.91 Å². The maximum atomic E-state index is 12.0. The highest BCUT2D eigenvalue weighted by Crippen LogP contribution is 2.12. The van der Waals surface area contributed by atoms with Crippen molar-refractivity contribution in [2.45, 2.75) is 20.3 Å². The van der Waals surface area contributed by atoms with Crippen LogP contribution in [0.25, 0.3) is 0 Å². The molecule has 1 heterocycles. The molecular formula is C15H17N3O3. The fourth-order valence-corrected chi connectivity index (χ4v) is 2.08. The standard InChI is InChI=1S/C15H17N3O3/c1-9-13(10(2)21-18-9)6-7-17-15(20)12-5-3-4-11(8-12)14(16)19/h3-5,8H,6-7H2,1-2H3,(H2,16,19)(H,17,20). The van der Waals surface area contributed by atoms with E-state index >= 15 is 0 Å². The van der Waals surface area contributed by atoms with Crippen LogP contribution in [0.2, 0.25) is 0 Å². The second kappa shape index (κ2) is 6.21. The summed E-state index contributed by atoms with van der Waals surface area (Å²) in [5, 5.41) is 6.66. The normalized spacial score (nSPS) is 10.4. The third-order valence-corrected chi connectivity index (χ3v) is 3.25. The van der Waals surface area contributed by atoms with Gasteiger partial charge in [0.05, 0.1) is 5.69 Å². The van der Waals surface area contributed by atoms with Crippen molar-refractivity contribution in [2.24, 2.45) is 5.73 Å². The predicted octanol–water partition coefficient (Wildman–Crippen LogP) is 1.36. The lowest BCUT2D eigenvalue weighted by Crippen LogP contribution is -2.26. The van der Waals surface area contributed by atoms with E-state index in [0.717, 1.165) is 17.0 Å². The summed E-state index contributed by atoms with van der Waals surface area (Å²) in [4.78, 5) is 23.1. The predicted molar refractivity (Wildman–Crippen MR) is 77.0 cm³/mol. The number of hydrogen-bond acceptors (Lipinski definition) is 4. The molecule has 0 fully saturated rings. The monoisotopic (exact) mass is 287 g/mol. The minimum absolute atomic E-state index is 0.245. The number of aromatic nitrogens is 1. The SMILES string of the molecule is Cc1noc(C)c1CCNC(=O)c1cccc(C(N)=O)c1. The number of carbonyl (C=O) groups excluding carboxylic acids is 2. The van der Waals surface area contributed by atoms with Crippen molar-refractivity contribution in [3.63, 3.8) is 0 Å². The lowest BCUT2D eigenvalue weighted by atomic mass is 10.1. The third kappa shape index (κ3) is 3.47. The van der Waals surface area contributed by atoms with E-state index in [1.807, 2.05) is 13.8 Å². The van der Waals surface area contributed by atoms with Gasteiger partial charge in [-0.1, -0.05) is 11.2 Å². The largest absolute Gasteiger partial charge is 0.366 e. The highest BCUT2D eigenvalue weighted by atomic mass is 16.5. The Bertz CT molecular complexity index is 657. The topological polar surface area (TPSA) is 98.2 Å². The highest BCUT2D eigenvalue weighted by molar-refractivity contribution is 5.99. The van der Waals surface area contributed by atoms with Crippen LogP contribution >= 0.6 is 0 Å². The van der Waals surface area contributed by atoms with Crippen LogP contribution in [0.15, 0.2) is 28.8 Å². The van der Waals surface area contributed by atoms with E-state index in [2.05, 4.69) is 10.5 Å². The zero-order chi connectivity index (χ0) is 15.4. The fraction of sp³-hybridized carbons (Fsp3) is 0.267. The Morgan fingerprint density at radius 2 is 2.00 bits per heavy atom. The molecule has 110 valence electrons. The van der Waals surface area contributed by atoms with E-state index in [1.54, 1.807) is 18.2 Å². The molecule has 0 atom stereocenters. The molecular weight excluding hydrogens is 270 g/mol. The van der Waals surface area contributed by atoms with Gasteiger partial charge in [0.1, 0.15) is 5.76 Å². The number of nitrogens with zero attached hydrogens (tertiary/aromatic N) is 1. The van der Waals surface area contributed by atoms with E-state index in [-0.39, 0.29) is 5.91 Å². The number of hydrogen-bond donors (Lipinski definition) is 2.